The maximum absolute atomic E-state index is 5.95. The highest BCUT2D eigenvalue weighted by Gasteiger charge is 2.20. The largest absolute Gasteiger partial charge is 0.496 e. The Morgan fingerprint density at radius 1 is 1.27 bits per heavy atom. The van der Waals surface area contributed by atoms with Crippen LogP contribution in [0.4, 0.5) is 0 Å². The van der Waals surface area contributed by atoms with E-state index >= 15 is 0 Å². The van der Waals surface area contributed by atoms with E-state index in [1.165, 1.54) is 5.56 Å². The summed E-state index contributed by atoms with van der Waals surface area (Å²) >= 11 is 0. The first-order valence-electron chi connectivity index (χ1n) is 7.78. The Labute approximate surface area is 131 Å². The second-order valence-corrected chi connectivity index (χ2v) is 5.68. The summed E-state index contributed by atoms with van der Waals surface area (Å²) in [4.78, 5) is 9.54. The van der Waals surface area contributed by atoms with E-state index in [2.05, 4.69) is 27.0 Å². The normalized spacial score (nSPS) is 16.8. The van der Waals surface area contributed by atoms with E-state index < -0.39 is 0 Å². The van der Waals surface area contributed by atoms with Gasteiger partial charge in [0.15, 0.2) is 0 Å². The van der Waals surface area contributed by atoms with Gasteiger partial charge in [0.1, 0.15) is 5.75 Å². The number of hydrogen-bond donors (Lipinski definition) is 1. The molecule has 1 fully saturated rings. The van der Waals surface area contributed by atoms with E-state index in [-0.39, 0.29) is 0 Å². The van der Waals surface area contributed by atoms with Crippen LogP contribution in [0.1, 0.15) is 24.1 Å². The summed E-state index contributed by atoms with van der Waals surface area (Å²) in [5.41, 5.74) is 2.29. The number of piperidine rings is 1. The molecule has 0 spiro atoms. The molecule has 1 aromatic heterocycles. The van der Waals surface area contributed by atoms with Crippen molar-refractivity contribution in [3.63, 3.8) is 0 Å². The molecule has 1 N–H and O–H groups in total. The highest BCUT2D eigenvalue weighted by Crippen LogP contribution is 2.22. The van der Waals surface area contributed by atoms with Crippen LogP contribution in [0.2, 0.25) is 0 Å². The number of benzene rings is 1. The van der Waals surface area contributed by atoms with Crippen LogP contribution >= 0.6 is 0 Å². The van der Waals surface area contributed by atoms with Crippen LogP contribution in [0.5, 0.6) is 5.75 Å². The number of H-pyrrole nitrogens is 1. The molecule has 1 aliphatic rings. The van der Waals surface area contributed by atoms with Gasteiger partial charge in [-0.05, 0) is 18.9 Å². The fourth-order valence-electron chi connectivity index (χ4n) is 2.88. The average Bonchev–Trinajstić information content (AvgIpc) is 3.08. The number of rotatable bonds is 6. The molecule has 2 aromatic rings. The molecule has 5 heteroatoms. The van der Waals surface area contributed by atoms with Crippen LogP contribution < -0.4 is 4.74 Å². The standard InChI is InChI=1S/C17H23N3O2/c1-21-17-5-3-2-4-14(17)11-20-8-6-16(7-9-20)22-12-15-10-18-13-19-15/h2-5,10,13,16H,6-9,11-12H2,1H3,(H,18,19). The van der Waals surface area contributed by atoms with Gasteiger partial charge in [-0.1, -0.05) is 18.2 Å². The van der Waals surface area contributed by atoms with Crippen molar-refractivity contribution in [3.8, 4) is 5.75 Å². The summed E-state index contributed by atoms with van der Waals surface area (Å²) in [7, 11) is 1.73. The number of para-hydroxylation sites is 1. The van der Waals surface area contributed by atoms with Crippen molar-refractivity contribution in [2.75, 3.05) is 20.2 Å². The van der Waals surface area contributed by atoms with Crippen molar-refractivity contribution in [3.05, 3.63) is 48.0 Å². The van der Waals surface area contributed by atoms with E-state index in [0.717, 1.165) is 43.9 Å². The first kappa shape index (κ1) is 15.1. The van der Waals surface area contributed by atoms with Crippen LogP contribution in [0.15, 0.2) is 36.8 Å². The minimum atomic E-state index is 0.345. The maximum Gasteiger partial charge on any atom is 0.123 e. The zero-order valence-corrected chi connectivity index (χ0v) is 13.0. The number of hydrogen-bond acceptors (Lipinski definition) is 4. The van der Waals surface area contributed by atoms with Gasteiger partial charge in [-0.3, -0.25) is 4.90 Å². The van der Waals surface area contributed by atoms with Crippen molar-refractivity contribution in [1.29, 1.82) is 0 Å². The van der Waals surface area contributed by atoms with E-state index in [0.29, 0.717) is 12.7 Å². The lowest BCUT2D eigenvalue weighted by Gasteiger charge is -2.32. The molecular weight excluding hydrogens is 278 g/mol. The Morgan fingerprint density at radius 3 is 2.82 bits per heavy atom. The predicted molar refractivity (Wildman–Crippen MR) is 84.7 cm³/mol. The minimum absolute atomic E-state index is 0.345. The number of nitrogens with one attached hydrogen (secondary N) is 1. The summed E-state index contributed by atoms with van der Waals surface area (Å²) in [6.07, 6.45) is 6.00. The number of likely N-dealkylation sites (tertiary alicyclic amines) is 1. The number of aromatic nitrogens is 2. The molecule has 0 aliphatic carbocycles. The predicted octanol–water partition coefficient (Wildman–Crippen LogP) is 2.60. The molecule has 1 saturated heterocycles. The SMILES string of the molecule is COc1ccccc1CN1CCC(OCc2cnc[nH]2)CC1. The summed E-state index contributed by atoms with van der Waals surface area (Å²) in [5, 5.41) is 0. The molecule has 2 heterocycles. The Balaban J connectivity index is 1.45. The number of ether oxygens (including phenoxy) is 2. The maximum atomic E-state index is 5.95. The smallest absolute Gasteiger partial charge is 0.123 e. The molecule has 1 aromatic carbocycles. The van der Waals surface area contributed by atoms with Crippen LogP contribution in [0.25, 0.3) is 0 Å². The lowest BCUT2D eigenvalue weighted by molar-refractivity contribution is -0.00520. The summed E-state index contributed by atoms with van der Waals surface area (Å²) in [6.45, 7) is 3.69. The molecule has 1 aliphatic heterocycles. The van der Waals surface area contributed by atoms with Crippen LogP contribution in [0, 0.1) is 0 Å². The number of methoxy groups -OCH3 is 1. The first-order valence-corrected chi connectivity index (χ1v) is 7.78. The fraction of sp³-hybridized carbons (Fsp3) is 0.471. The summed E-state index contributed by atoms with van der Waals surface area (Å²) < 4.78 is 11.4. The van der Waals surface area contributed by atoms with E-state index in [1.807, 2.05) is 18.3 Å². The molecule has 22 heavy (non-hydrogen) atoms. The molecule has 0 unspecified atom stereocenters. The van der Waals surface area contributed by atoms with E-state index in [1.54, 1.807) is 13.4 Å². The molecule has 118 valence electrons. The fourth-order valence-corrected chi connectivity index (χ4v) is 2.88. The van der Waals surface area contributed by atoms with Gasteiger partial charge in [0.2, 0.25) is 0 Å². The molecule has 0 radical (unpaired) electrons. The summed E-state index contributed by atoms with van der Waals surface area (Å²) in [5.74, 6) is 0.972. The first-order chi connectivity index (χ1) is 10.8. The minimum Gasteiger partial charge on any atom is -0.496 e. The topological polar surface area (TPSA) is 50.4 Å². The second kappa shape index (κ2) is 7.42. The van der Waals surface area contributed by atoms with E-state index in [9.17, 15) is 0 Å². The lowest BCUT2D eigenvalue weighted by atomic mass is 10.1. The van der Waals surface area contributed by atoms with Crippen molar-refractivity contribution < 1.29 is 9.47 Å². The van der Waals surface area contributed by atoms with Gasteiger partial charge in [0.25, 0.3) is 0 Å². The molecule has 0 saturated carbocycles. The van der Waals surface area contributed by atoms with Crippen molar-refractivity contribution in [2.45, 2.75) is 32.1 Å². The molecule has 0 amide bonds. The van der Waals surface area contributed by atoms with Crippen LogP contribution in [0.3, 0.4) is 0 Å². The van der Waals surface area contributed by atoms with Crippen molar-refractivity contribution >= 4 is 0 Å². The van der Waals surface area contributed by atoms with Gasteiger partial charge >= 0.3 is 0 Å². The molecule has 3 rings (SSSR count). The highest BCUT2D eigenvalue weighted by atomic mass is 16.5. The van der Waals surface area contributed by atoms with Crippen LogP contribution in [-0.4, -0.2) is 41.2 Å². The van der Waals surface area contributed by atoms with Gasteiger partial charge < -0.3 is 14.5 Å². The van der Waals surface area contributed by atoms with Gasteiger partial charge in [-0.25, -0.2) is 4.98 Å². The molecule has 0 bridgehead atoms. The third-order valence-corrected chi connectivity index (χ3v) is 4.15. The number of nitrogens with zero attached hydrogens (tertiary/aromatic N) is 2. The molecule has 0 atom stereocenters. The van der Waals surface area contributed by atoms with Crippen LogP contribution in [-0.2, 0) is 17.9 Å². The number of aromatic amines is 1. The average molecular weight is 301 g/mol. The van der Waals surface area contributed by atoms with Crippen molar-refractivity contribution in [2.24, 2.45) is 0 Å². The Morgan fingerprint density at radius 2 is 2.09 bits per heavy atom. The van der Waals surface area contributed by atoms with Gasteiger partial charge in [0, 0.05) is 25.2 Å². The van der Waals surface area contributed by atoms with Gasteiger partial charge in [0.05, 0.1) is 38.0 Å². The van der Waals surface area contributed by atoms with Crippen molar-refractivity contribution in [1.82, 2.24) is 14.9 Å². The zero-order chi connectivity index (χ0) is 15.2. The highest BCUT2D eigenvalue weighted by molar-refractivity contribution is 5.33. The van der Waals surface area contributed by atoms with Gasteiger partial charge in [-0.15, -0.1) is 0 Å². The Bertz CT molecular complexity index is 563. The third-order valence-electron chi connectivity index (χ3n) is 4.15. The van der Waals surface area contributed by atoms with Gasteiger partial charge in [-0.2, -0.15) is 0 Å². The number of imidazole rings is 1. The second-order valence-electron chi connectivity index (χ2n) is 5.68. The Kier molecular flexibility index (Phi) is 5.08. The Hall–Kier alpha value is -1.85. The third kappa shape index (κ3) is 3.87. The quantitative estimate of drug-likeness (QED) is 0.891. The monoisotopic (exact) mass is 301 g/mol. The van der Waals surface area contributed by atoms with E-state index in [4.69, 9.17) is 9.47 Å². The molecular formula is C17H23N3O2. The summed E-state index contributed by atoms with van der Waals surface area (Å²) in [6, 6.07) is 8.24. The lowest BCUT2D eigenvalue weighted by Crippen LogP contribution is -2.36. The molecule has 5 nitrogen and oxygen atoms in total. The zero-order valence-electron chi connectivity index (χ0n) is 13.0.